The number of hydrogen-bond donors (Lipinski definition) is 2. The van der Waals surface area contributed by atoms with Gasteiger partial charge in [-0.25, -0.2) is 0 Å². The van der Waals surface area contributed by atoms with Crippen molar-refractivity contribution in [2.45, 2.75) is 26.9 Å². The molecule has 0 radical (unpaired) electrons. The van der Waals surface area contributed by atoms with Crippen molar-refractivity contribution in [2.24, 2.45) is 0 Å². The van der Waals surface area contributed by atoms with Crippen molar-refractivity contribution in [1.29, 1.82) is 0 Å². The fourth-order valence-corrected chi connectivity index (χ4v) is 1.99. The molecule has 2 rings (SSSR count). The molecule has 2 aromatic rings. The van der Waals surface area contributed by atoms with E-state index in [4.69, 9.17) is 4.74 Å². The van der Waals surface area contributed by atoms with Crippen LogP contribution in [0.2, 0.25) is 0 Å². The van der Waals surface area contributed by atoms with E-state index in [0.717, 1.165) is 11.3 Å². The minimum Gasteiger partial charge on any atom is -0.508 e. The number of aryl methyl sites for hydroxylation is 1. The van der Waals surface area contributed by atoms with Gasteiger partial charge in [-0.15, -0.1) is 0 Å². The van der Waals surface area contributed by atoms with Crippen LogP contribution in [0.15, 0.2) is 42.5 Å². The van der Waals surface area contributed by atoms with Crippen molar-refractivity contribution in [3.8, 4) is 11.5 Å². The number of nitrogens with one attached hydrogen (secondary N) is 1. The quantitative estimate of drug-likeness (QED) is 0.899. The highest BCUT2D eigenvalue weighted by Gasteiger charge is 2.10. The smallest absolute Gasteiger partial charge is 0.255 e. The molecule has 4 nitrogen and oxygen atoms in total. The van der Waals surface area contributed by atoms with E-state index in [1.165, 1.54) is 6.07 Å². The number of ether oxygens (including phenoxy) is 1. The number of carbonyl (C=O) groups excluding carboxylic acids is 1. The number of phenolic OH excluding ortho intramolecular Hbond substituents is 1. The molecule has 0 heterocycles. The summed E-state index contributed by atoms with van der Waals surface area (Å²) in [6.45, 7) is 5.71. The van der Waals surface area contributed by atoms with Crippen molar-refractivity contribution in [1.82, 2.24) is 0 Å². The number of rotatable bonds is 4. The van der Waals surface area contributed by atoms with Crippen LogP contribution in [0, 0.1) is 6.92 Å². The average Bonchev–Trinajstić information content (AvgIpc) is 2.40. The molecule has 0 atom stereocenters. The van der Waals surface area contributed by atoms with Crippen molar-refractivity contribution in [3.63, 3.8) is 0 Å². The maximum absolute atomic E-state index is 12.2. The Morgan fingerprint density at radius 1 is 1.14 bits per heavy atom. The number of hydrogen-bond acceptors (Lipinski definition) is 3. The summed E-state index contributed by atoms with van der Waals surface area (Å²) in [4.78, 5) is 12.2. The van der Waals surface area contributed by atoms with Crippen molar-refractivity contribution < 1.29 is 14.6 Å². The zero-order valence-electron chi connectivity index (χ0n) is 12.4. The molecule has 2 aromatic carbocycles. The summed E-state index contributed by atoms with van der Waals surface area (Å²) in [6.07, 6.45) is 0.116. The van der Waals surface area contributed by atoms with E-state index in [-0.39, 0.29) is 17.8 Å². The average molecular weight is 285 g/mol. The number of carbonyl (C=O) groups is 1. The second kappa shape index (κ2) is 6.31. The largest absolute Gasteiger partial charge is 0.508 e. The molecule has 4 heteroatoms. The van der Waals surface area contributed by atoms with Gasteiger partial charge in [0.15, 0.2) is 0 Å². The van der Waals surface area contributed by atoms with Gasteiger partial charge in [0.2, 0.25) is 0 Å². The highest BCUT2D eigenvalue weighted by Crippen LogP contribution is 2.20. The summed E-state index contributed by atoms with van der Waals surface area (Å²) in [6, 6.07) is 11.9. The van der Waals surface area contributed by atoms with Crippen molar-refractivity contribution in [2.75, 3.05) is 5.32 Å². The van der Waals surface area contributed by atoms with Gasteiger partial charge in [-0.3, -0.25) is 4.79 Å². The first-order valence-electron chi connectivity index (χ1n) is 6.83. The second-order valence-electron chi connectivity index (χ2n) is 5.14. The molecule has 0 spiro atoms. The third kappa shape index (κ3) is 3.99. The van der Waals surface area contributed by atoms with E-state index in [1.807, 2.05) is 26.0 Å². The minimum atomic E-state index is -0.204. The maximum Gasteiger partial charge on any atom is 0.255 e. The molecule has 0 aliphatic heterocycles. The molecule has 0 aromatic heterocycles. The van der Waals surface area contributed by atoms with E-state index < -0.39 is 0 Å². The zero-order valence-corrected chi connectivity index (χ0v) is 12.4. The second-order valence-corrected chi connectivity index (χ2v) is 5.14. The van der Waals surface area contributed by atoms with Gasteiger partial charge in [0.05, 0.1) is 6.10 Å². The molecule has 0 aliphatic rings. The third-order valence-electron chi connectivity index (χ3n) is 2.94. The SMILES string of the molecule is Cc1cc(O)ccc1C(=O)Nc1ccc(OC(C)C)cc1. The lowest BCUT2D eigenvalue weighted by Crippen LogP contribution is -2.13. The summed E-state index contributed by atoms with van der Waals surface area (Å²) in [5.74, 6) is 0.716. The Hall–Kier alpha value is -2.49. The Morgan fingerprint density at radius 3 is 2.38 bits per heavy atom. The fraction of sp³-hybridized carbons (Fsp3) is 0.235. The Morgan fingerprint density at radius 2 is 1.81 bits per heavy atom. The summed E-state index contributed by atoms with van der Waals surface area (Å²) >= 11 is 0. The van der Waals surface area contributed by atoms with Gasteiger partial charge in [0.25, 0.3) is 5.91 Å². The highest BCUT2D eigenvalue weighted by atomic mass is 16.5. The standard InChI is InChI=1S/C17H19NO3/c1-11(2)21-15-7-4-13(5-8-15)18-17(20)16-9-6-14(19)10-12(16)3/h4-11,19H,1-3H3,(H,18,20). The first kappa shape index (κ1) is 14.9. The first-order valence-corrected chi connectivity index (χ1v) is 6.83. The van der Waals surface area contributed by atoms with Crippen LogP contribution in [0.4, 0.5) is 5.69 Å². The summed E-state index contributed by atoms with van der Waals surface area (Å²) < 4.78 is 5.55. The lowest BCUT2D eigenvalue weighted by Gasteiger charge is -2.11. The lowest BCUT2D eigenvalue weighted by atomic mass is 10.1. The molecule has 2 N–H and O–H groups in total. The van der Waals surface area contributed by atoms with Crippen LogP contribution < -0.4 is 10.1 Å². The monoisotopic (exact) mass is 285 g/mol. The summed E-state index contributed by atoms with van der Waals surface area (Å²) in [5, 5.41) is 12.2. The maximum atomic E-state index is 12.2. The van der Waals surface area contributed by atoms with E-state index in [1.54, 1.807) is 31.2 Å². The van der Waals surface area contributed by atoms with E-state index in [0.29, 0.717) is 11.3 Å². The summed E-state index contributed by atoms with van der Waals surface area (Å²) in [7, 11) is 0. The predicted octanol–water partition coefficient (Wildman–Crippen LogP) is 3.74. The Bertz CT molecular complexity index is 633. The molecule has 0 fully saturated rings. The summed E-state index contributed by atoms with van der Waals surface area (Å²) in [5.41, 5.74) is 1.96. The number of benzene rings is 2. The van der Waals surface area contributed by atoms with E-state index in [9.17, 15) is 9.90 Å². The van der Waals surface area contributed by atoms with Crippen LogP contribution in [-0.2, 0) is 0 Å². The molecule has 0 unspecified atom stereocenters. The van der Waals surface area contributed by atoms with Gasteiger partial charge < -0.3 is 15.2 Å². The van der Waals surface area contributed by atoms with Crippen LogP contribution in [0.5, 0.6) is 11.5 Å². The van der Waals surface area contributed by atoms with Gasteiger partial charge in [0.1, 0.15) is 11.5 Å². The molecule has 110 valence electrons. The Balaban J connectivity index is 2.08. The van der Waals surface area contributed by atoms with E-state index >= 15 is 0 Å². The Labute approximate surface area is 124 Å². The molecule has 0 saturated carbocycles. The first-order chi connectivity index (χ1) is 9.95. The molecular weight excluding hydrogens is 266 g/mol. The highest BCUT2D eigenvalue weighted by molar-refractivity contribution is 6.05. The Kier molecular flexibility index (Phi) is 4.48. The molecule has 21 heavy (non-hydrogen) atoms. The van der Waals surface area contributed by atoms with Gasteiger partial charge in [-0.05, 0) is 68.8 Å². The van der Waals surface area contributed by atoms with Gasteiger partial charge in [-0.2, -0.15) is 0 Å². The molecule has 1 amide bonds. The van der Waals surface area contributed by atoms with Crippen molar-refractivity contribution >= 4 is 11.6 Å². The molecule has 0 saturated heterocycles. The number of amides is 1. The fourth-order valence-electron chi connectivity index (χ4n) is 1.99. The van der Waals surface area contributed by atoms with Gasteiger partial charge in [-0.1, -0.05) is 0 Å². The van der Waals surface area contributed by atoms with Crippen LogP contribution in [0.25, 0.3) is 0 Å². The third-order valence-corrected chi connectivity index (χ3v) is 2.94. The number of anilines is 1. The molecular formula is C17H19NO3. The van der Waals surface area contributed by atoms with Gasteiger partial charge >= 0.3 is 0 Å². The van der Waals surface area contributed by atoms with Crippen LogP contribution >= 0.6 is 0 Å². The van der Waals surface area contributed by atoms with Crippen LogP contribution in [0.1, 0.15) is 29.8 Å². The minimum absolute atomic E-state index is 0.116. The number of phenols is 1. The zero-order chi connectivity index (χ0) is 15.4. The van der Waals surface area contributed by atoms with Crippen LogP contribution in [0.3, 0.4) is 0 Å². The lowest BCUT2D eigenvalue weighted by molar-refractivity contribution is 0.102. The van der Waals surface area contributed by atoms with Crippen LogP contribution in [-0.4, -0.2) is 17.1 Å². The topological polar surface area (TPSA) is 58.6 Å². The molecule has 0 aliphatic carbocycles. The van der Waals surface area contributed by atoms with E-state index in [2.05, 4.69) is 5.32 Å². The van der Waals surface area contributed by atoms with Gasteiger partial charge in [0, 0.05) is 11.3 Å². The van der Waals surface area contributed by atoms with Crippen molar-refractivity contribution in [3.05, 3.63) is 53.6 Å². The molecule has 0 bridgehead atoms. The predicted molar refractivity (Wildman–Crippen MR) is 83.0 cm³/mol. The number of aromatic hydroxyl groups is 1. The normalized spacial score (nSPS) is 10.5.